The number of hydrogen-bond donors (Lipinski definition) is 1. The second kappa shape index (κ2) is 4.26. The molecule has 0 aliphatic rings. The summed E-state index contributed by atoms with van der Waals surface area (Å²) in [5.41, 5.74) is 1.30. The Morgan fingerprint density at radius 3 is 3.15 bits per heavy atom. The van der Waals surface area contributed by atoms with Gasteiger partial charge >= 0.3 is 0 Å². The first-order valence-electron chi connectivity index (χ1n) is 3.56. The summed E-state index contributed by atoms with van der Waals surface area (Å²) in [6.45, 7) is 0. The molecule has 0 atom stereocenters. The zero-order valence-electron chi connectivity index (χ0n) is 6.53. The van der Waals surface area contributed by atoms with Gasteiger partial charge in [-0.25, -0.2) is 4.98 Å². The van der Waals surface area contributed by atoms with Crippen LogP contribution in [0, 0.1) is 0 Å². The summed E-state index contributed by atoms with van der Waals surface area (Å²) in [4.78, 5) is 4.03. The summed E-state index contributed by atoms with van der Waals surface area (Å²) in [5, 5.41) is 9.52. The Labute approximate surface area is 92.1 Å². The number of rotatable bonds is 3. The van der Waals surface area contributed by atoms with Crippen LogP contribution in [-0.4, -0.2) is 15.2 Å². The summed E-state index contributed by atoms with van der Waals surface area (Å²) < 4.78 is 1.19. The molecular formula is C7H6BrN3S2. The summed E-state index contributed by atoms with van der Waals surface area (Å²) >= 11 is 6.83. The van der Waals surface area contributed by atoms with Gasteiger partial charge < -0.3 is 0 Å². The fourth-order valence-electron chi connectivity index (χ4n) is 0.832. The van der Waals surface area contributed by atoms with Crippen molar-refractivity contribution in [2.45, 2.75) is 10.9 Å². The third kappa shape index (κ3) is 2.32. The van der Waals surface area contributed by atoms with Crippen molar-refractivity contribution in [2.75, 3.05) is 0 Å². The molecule has 0 saturated heterocycles. The van der Waals surface area contributed by atoms with Crippen LogP contribution < -0.4 is 0 Å². The van der Waals surface area contributed by atoms with Gasteiger partial charge in [0, 0.05) is 5.75 Å². The number of H-pyrrole nitrogens is 1. The molecule has 3 nitrogen and oxygen atoms in total. The van der Waals surface area contributed by atoms with Crippen molar-refractivity contribution in [3.63, 3.8) is 0 Å². The van der Waals surface area contributed by atoms with Gasteiger partial charge in [0.15, 0.2) is 5.16 Å². The van der Waals surface area contributed by atoms with E-state index in [0.29, 0.717) is 0 Å². The molecule has 0 bridgehead atoms. The Morgan fingerprint density at radius 2 is 2.54 bits per heavy atom. The molecule has 0 aliphatic heterocycles. The van der Waals surface area contributed by atoms with E-state index >= 15 is 0 Å². The molecule has 2 aromatic heterocycles. The maximum Gasteiger partial charge on any atom is 0.183 e. The molecule has 0 amide bonds. The second-order valence-electron chi connectivity index (χ2n) is 2.30. The molecular weight excluding hydrogens is 270 g/mol. The number of hydrogen-bond acceptors (Lipinski definition) is 4. The fourth-order valence-corrected chi connectivity index (χ4v) is 3.12. The molecule has 68 valence electrons. The third-order valence-corrected chi connectivity index (χ3v) is 4.19. The highest BCUT2D eigenvalue weighted by Crippen LogP contribution is 2.28. The summed E-state index contributed by atoms with van der Waals surface area (Å²) in [6.07, 6.45) is 1.52. The monoisotopic (exact) mass is 275 g/mol. The minimum absolute atomic E-state index is 0.859. The van der Waals surface area contributed by atoms with Crippen LogP contribution in [0.5, 0.6) is 0 Å². The predicted molar refractivity (Wildman–Crippen MR) is 58.0 cm³/mol. The molecule has 0 aromatic carbocycles. The Balaban J connectivity index is 1.97. The highest BCUT2D eigenvalue weighted by molar-refractivity contribution is 9.11. The lowest BCUT2D eigenvalue weighted by Crippen LogP contribution is -1.79. The van der Waals surface area contributed by atoms with Crippen molar-refractivity contribution in [2.24, 2.45) is 0 Å². The van der Waals surface area contributed by atoms with Crippen molar-refractivity contribution in [1.82, 2.24) is 15.2 Å². The predicted octanol–water partition coefficient (Wildman–Crippen LogP) is 2.92. The zero-order chi connectivity index (χ0) is 9.10. The molecule has 0 spiro atoms. The molecule has 6 heteroatoms. The molecule has 0 radical (unpaired) electrons. The van der Waals surface area contributed by atoms with E-state index in [1.54, 1.807) is 23.1 Å². The Hall–Kier alpha value is -0.330. The third-order valence-electron chi connectivity index (χ3n) is 1.45. The van der Waals surface area contributed by atoms with Crippen LogP contribution in [0.15, 0.2) is 26.7 Å². The van der Waals surface area contributed by atoms with Crippen LogP contribution in [0.1, 0.15) is 5.56 Å². The average Bonchev–Trinajstić information content (AvgIpc) is 2.72. The molecule has 2 rings (SSSR count). The topological polar surface area (TPSA) is 41.6 Å². The van der Waals surface area contributed by atoms with Crippen LogP contribution in [0.25, 0.3) is 0 Å². The van der Waals surface area contributed by atoms with Gasteiger partial charge in [-0.1, -0.05) is 11.8 Å². The van der Waals surface area contributed by atoms with E-state index in [-0.39, 0.29) is 0 Å². The molecule has 1 N–H and O–H groups in total. The van der Waals surface area contributed by atoms with Crippen molar-refractivity contribution in [3.8, 4) is 0 Å². The van der Waals surface area contributed by atoms with E-state index in [9.17, 15) is 0 Å². The van der Waals surface area contributed by atoms with Crippen molar-refractivity contribution >= 4 is 39.0 Å². The van der Waals surface area contributed by atoms with Gasteiger partial charge in [0.25, 0.3) is 0 Å². The van der Waals surface area contributed by atoms with E-state index in [1.807, 2.05) is 0 Å². The molecule has 13 heavy (non-hydrogen) atoms. The lowest BCUT2D eigenvalue weighted by molar-refractivity contribution is 0.973. The minimum Gasteiger partial charge on any atom is -0.254 e. The van der Waals surface area contributed by atoms with E-state index < -0.39 is 0 Å². The maximum absolute atomic E-state index is 4.03. The minimum atomic E-state index is 0.859. The number of nitrogens with one attached hydrogen (secondary N) is 1. The summed E-state index contributed by atoms with van der Waals surface area (Å²) in [6, 6.07) is 2.11. The SMILES string of the molecule is Brc1sccc1CSc1ncn[nH]1. The molecule has 0 fully saturated rings. The van der Waals surface area contributed by atoms with Crippen LogP contribution >= 0.6 is 39.0 Å². The highest BCUT2D eigenvalue weighted by atomic mass is 79.9. The van der Waals surface area contributed by atoms with Gasteiger partial charge in [0.05, 0.1) is 3.79 Å². The van der Waals surface area contributed by atoms with Crippen LogP contribution in [0.4, 0.5) is 0 Å². The summed E-state index contributed by atoms with van der Waals surface area (Å²) in [5.74, 6) is 0.916. The molecule has 2 aromatic rings. The molecule has 0 aliphatic carbocycles. The number of nitrogens with zero attached hydrogens (tertiary/aromatic N) is 2. The van der Waals surface area contributed by atoms with E-state index in [0.717, 1.165) is 10.9 Å². The van der Waals surface area contributed by atoms with Gasteiger partial charge in [0.2, 0.25) is 0 Å². The first-order chi connectivity index (χ1) is 6.36. The van der Waals surface area contributed by atoms with Gasteiger partial charge in [-0.05, 0) is 32.9 Å². The number of thioether (sulfide) groups is 1. The Bertz CT molecular complexity index is 371. The lowest BCUT2D eigenvalue weighted by Gasteiger charge is -1.94. The van der Waals surface area contributed by atoms with Gasteiger partial charge in [0.1, 0.15) is 6.33 Å². The van der Waals surface area contributed by atoms with Gasteiger partial charge in [-0.15, -0.1) is 11.3 Å². The lowest BCUT2D eigenvalue weighted by atomic mass is 10.4. The normalized spacial score (nSPS) is 10.5. The van der Waals surface area contributed by atoms with Crippen LogP contribution in [-0.2, 0) is 5.75 Å². The average molecular weight is 276 g/mol. The second-order valence-corrected chi connectivity index (χ2v) is 5.50. The standard InChI is InChI=1S/C7H6BrN3S2/c8-6-5(1-2-12-6)3-13-7-9-4-10-11-7/h1-2,4H,3H2,(H,9,10,11). The molecule has 0 saturated carbocycles. The van der Waals surface area contributed by atoms with Crippen LogP contribution in [0.2, 0.25) is 0 Å². The van der Waals surface area contributed by atoms with Gasteiger partial charge in [-0.3, -0.25) is 5.10 Å². The van der Waals surface area contributed by atoms with E-state index in [2.05, 4.69) is 42.6 Å². The van der Waals surface area contributed by atoms with Crippen molar-refractivity contribution < 1.29 is 0 Å². The number of aromatic amines is 1. The molecule has 2 heterocycles. The smallest absolute Gasteiger partial charge is 0.183 e. The van der Waals surface area contributed by atoms with E-state index in [4.69, 9.17) is 0 Å². The highest BCUT2D eigenvalue weighted by Gasteiger charge is 2.02. The largest absolute Gasteiger partial charge is 0.254 e. The fraction of sp³-hybridized carbons (Fsp3) is 0.143. The number of thiophene rings is 1. The number of halogens is 1. The first-order valence-corrected chi connectivity index (χ1v) is 6.22. The van der Waals surface area contributed by atoms with Crippen molar-refractivity contribution in [3.05, 3.63) is 27.1 Å². The molecule has 0 unspecified atom stereocenters. The maximum atomic E-state index is 4.03. The number of aromatic nitrogens is 3. The van der Waals surface area contributed by atoms with Crippen LogP contribution in [0.3, 0.4) is 0 Å². The quantitative estimate of drug-likeness (QED) is 0.876. The summed E-state index contributed by atoms with van der Waals surface area (Å²) in [7, 11) is 0. The Morgan fingerprint density at radius 1 is 1.62 bits per heavy atom. The first kappa shape index (κ1) is 9.23. The zero-order valence-corrected chi connectivity index (χ0v) is 9.75. The van der Waals surface area contributed by atoms with E-state index in [1.165, 1.54) is 15.7 Å². The van der Waals surface area contributed by atoms with Crippen molar-refractivity contribution in [1.29, 1.82) is 0 Å². The Kier molecular flexibility index (Phi) is 3.02. The van der Waals surface area contributed by atoms with Gasteiger partial charge in [-0.2, -0.15) is 5.10 Å².